The number of nitrogens with two attached hydrogens (primary N) is 1. The van der Waals surface area contributed by atoms with E-state index in [0.29, 0.717) is 17.6 Å². The lowest BCUT2D eigenvalue weighted by Crippen LogP contribution is -2.21. The molecule has 1 fully saturated rings. The number of carbonyl (C=O) groups is 1. The van der Waals surface area contributed by atoms with Gasteiger partial charge in [-0.2, -0.15) is 0 Å². The highest BCUT2D eigenvalue weighted by molar-refractivity contribution is 6.04. The number of hydrogen-bond acceptors (Lipinski definition) is 5. The summed E-state index contributed by atoms with van der Waals surface area (Å²) < 4.78 is 22.9. The summed E-state index contributed by atoms with van der Waals surface area (Å²) in [6.45, 7) is 1.44. The van der Waals surface area contributed by atoms with Crippen LogP contribution >= 0.6 is 0 Å². The normalized spacial score (nSPS) is 15.4. The quantitative estimate of drug-likeness (QED) is 0.572. The van der Waals surface area contributed by atoms with Crippen LogP contribution in [0, 0.1) is 5.82 Å². The molecule has 2 heterocycles. The molecule has 30 heavy (non-hydrogen) atoms. The first kappa shape index (κ1) is 18.6. The summed E-state index contributed by atoms with van der Waals surface area (Å²) in [6.07, 6.45) is 2.98. The number of nitrogen functional groups attached to an aromatic ring is 1. The molecule has 3 aromatic rings. The van der Waals surface area contributed by atoms with Gasteiger partial charge in [0.25, 0.3) is 0 Å². The number of carboxylic acids is 1. The lowest BCUT2D eigenvalue weighted by atomic mass is 9.96. The average Bonchev–Trinajstić information content (AvgIpc) is 3.46. The number of methoxy groups -OCH3 is 1. The van der Waals surface area contributed by atoms with Crippen molar-refractivity contribution in [1.29, 1.82) is 0 Å². The number of rotatable bonds is 4. The number of aromatic carboxylic acids is 1. The lowest BCUT2D eigenvalue weighted by molar-refractivity contribution is 0.0695. The van der Waals surface area contributed by atoms with Crippen LogP contribution in [0.15, 0.2) is 29.2 Å². The van der Waals surface area contributed by atoms with Crippen molar-refractivity contribution < 1.29 is 19.0 Å². The Hall–Kier alpha value is -3.39. The van der Waals surface area contributed by atoms with E-state index in [1.807, 2.05) is 18.2 Å². The van der Waals surface area contributed by atoms with Gasteiger partial charge >= 0.3 is 5.97 Å². The van der Waals surface area contributed by atoms with Gasteiger partial charge in [-0.3, -0.25) is 4.79 Å². The summed E-state index contributed by atoms with van der Waals surface area (Å²) >= 11 is 0. The van der Waals surface area contributed by atoms with Crippen LogP contribution in [-0.4, -0.2) is 22.8 Å². The number of nitrogens with one attached hydrogen (secondary N) is 1. The highest BCUT2D eigenvalue weighted by Gasteiger charge is 2.32. The Balaban J connectivity index is 1.91. The second-order valence-corrected chi connectivity index (χ2v) is 7.76. The molecule has 2 aliphatic rings. The van der Waals surface area contributed by atoms with Gasteiger partial charge in [0.2, 0.25) is 5.43 Å². The van der Waals surface area contributed by atoms with Crippen LogP contribution in [-0.2, 0) is 13.1 Å². The molecule has 0 saturated heterocycles. The second-order valence-electron chi connectivity index (χ2n) is 7.76. The van der Waals surface area contributed by atoms with Crippen molar-refractivity contribution in [2.75, 3.05) is 12.8 Å². The van der Waals surface area contributed by atoms with Crippen molar-refractivity contribution in [3.05, 3.63) is 57.1 Å². The molecule has 1 aromatic heterocycles. The molecular weight excluding hydrogens is 389 g/mol. The Labute approximate surface area is 170 Å². The summed E-state index contributed by atoms with van der Waals surface area (Å²) in [5.74, 6) is -1.97. The fraction of sp³-hybridized carbons (Fsp3) is 0.273. The predicted octanol–water partition coefficient (Wildman–Crippen LogP) is 3.03. The molecule has 0 radical (unpaired) electrons. The Morgan fingerprint density at radius 3 is 2.70 bits per heavy atom. The minimum atomic E-state index is -1.37. The van der Waals surface area contributed by atoms with Crippen LogP contribution in [0.2, 0.25) is 0 Å². The van der Waals surface area contributed by atoms with Gasteiger partial charge in [-0.1, -0.05) is 12.1 Å². The summed E-state index contributed by atoms with van der Waals surface area (Å²) in [6, 6.07) is 5.66. The van der Waals surface area contributed by atoms with Gasteiger partial charge in [-0.25, -0.2) is 9.18 Å². The second kappa shape index (κ2) is 6.56. The number of carboxylic acid groups (broad SMARTS) is 1. The number of anilines is 1. The average molecular weight is 409 g/mol. The summed E-state index contributed by atoms with van der Waals surface area (Å²) in [5, 5.41) is 12.6. The van der Waals surface area contributed by atoms with Crippen molar-refractivity contribution in [2.24, 2.45) is 0 Å². The molecule has 0 amide bonds. The molecule has 1 aliphatic heterocycles. The molecular formula is C22H20FN3O4. The third-order valence-electron chi connectivity index (χ3n) is 5.90. The first-order chi connectivity index (χ1) is 14.4. The van der Waals surface area contributed by atoms with Crippen molar-refractivity contribution in [1.82, 2.24) is 9.88 Å². The van der Waals surface area contributed by atoms with Gasteiger partial charge < -0.3 is 25.5 Å². The highest BCUT2D eigenvalue weighted by atomic mass is 19.1. The smallest absolute Gasteiger partial charge is 0.341 e. The molecule has 154 valence electrons. The van der Waals surface area contributed by atoms with Crippen molar-refractivity contribution in [3.63, 3.8) is 0 Å². The number of aromatic nitrogens is 1. The lowest BCUT2D eigenvalue weighted by Gasteiger charge is -2.20. The van der Waals surface area contributed by atoms with Crippen LogP contribution < -0.4 is 21.2 Å². The molecule has 0 bridgehead atoms. The largest absolute Gasteiger partial charge is 0.494 e. The number of hydrogen-bond donors (Lipinski definition) is 3. The Bertz CT molecular complexity index is 1290. The number of fused-ring (bicyclic) bond motifs is 2. The Morgan fingerprint density at radius 1 is 1.30 bits per heavy atom. The van der Waals surface area contributed by atoms with Crippen molar-refractivity contribution in [3.8, 4) is 16.9 Å². The van der Waals surface area contributed by atoms with Gasteiger partial charge in [0.1, 0.15) is 5.56 Å². The number of ether oxygens (including phenoxy) is 1. The third-order valence-corrected chi connectivity index (χ3v) is 5.90. The van der Waals surface area contributed by atoms with E-state index in [1.165, 1.54) is 13.3 Å². The van der Waals surface area contributed by atoms with E-state index >= 15 is 4.39 Å². The first-order valence-electron chi connectivity index (χ1n) is 9.72. The van der Waals surface area contributed by atoms with Gasteiger partial charge in [0, 0.05) is 25.3 Å². The topological polar surface area (TPSA) is 107 Å². The van der Waals surface area contributed by atoms with Gasteiger partial charge in [-0.15, -0.1) is 0 Å². The summed E-state index contributed by atoms with van der Waals surface area (Å²) in [5.41, 5.74) is 7.82. The van der Waals surface area contributed by atoms with Gasteiger partial charge in [0.15, 0.2) is 11.6 Å². The zero-order chi connectivity index (χ0) is 21.2. The van der Waals surface area contributed by atoms with E-state index in [2.05, 4.69) is 5.32 Å². The number of pyridine rings is 1. The molecule has 8 heteroatoms. The van der Waals surface area contributed by atoms with Crippen LogP contribution in [0.25, 0.3) is 22.0 Å². The molecule has 2 aromatic carbocycles. The monoisotopic (exact) mass is 409 g/mol. The van der Waals surface area contributed by atoms with E-state index in [4.69, 9.17) is 10.5 Å². The van der Waals surface area contributed by atoms with Crippen molar-refractivity contribution >= 4 is 22.6 Å². The predicted molar refractivity (Wildman–Crippen MR) is 110 cm³/mol. The van der Waals surface area contributed by atoms with Gasteiger partial charge in [0.05, 0.1) is 29.3 Å². The number of benzene rings is 2. The van der Waals surface area contributed by atoms with E-state index in [-0.39, 0.29) is 28.4 Å². The fourth-order valence-corrected chi connectivity index (χ4v) is 4.28. The first-order valence-corrected chi connectivity index (χ1v) is 9.72. The summed E-state index contributed by atoms with van der Waals surface area (Å²) in [4.78, 5) is 24.5. The summed E-state index contributed by atoms with van der Waals surface area (Å²) in [7, 11) is 1.41. The van der Waals surface area contributed by atoms with E-state index < -0.39 is 22.8 Å². The Kier molecular flexibility index (Phi) is 4.08. The van der Waals surface area contributed by atoms with Crippen LogP contribution in [0.4, 0.5) is 10.1 Å². The van der Waals surface area contributed by atoms with E-state index in [1.54, 1.807) is 4.57 Å². The maximum atomic E-state index is 15.6. The van der Waals surface area contributed by atoms with Crippen LogP contribution in [0.5, 0.6) is 5.75 Å². The minimum absolute atomic E-state index is 0.0158. The molecule has 0 atom stereocenters. The molecule has 4 N–H and O–H groups in total. The number of halogens is 1. The molecule has 0 spiro atoms. The van der Waals surface area contributed by atoms with Crippen LogP contribution in [0.3, 0.4) is 0 Å². The van der Waals surface area contributed by atoms with E-state index in [9.17, 15) is 14.7 Å². The molecule has 0 unspecified atom stereocenters. The van der Waals surface area contributed by atoms with Crippen molar-refractivity contribution in [2.45, 2.75) is 32.0 Å². The van der Waals surface area contributed by atoms with E-state index in [0.717, 1.165) is 30.5 Å². The van der Waals surface area contributed by atoms with Crippen LogP contribution in [0.1, 0.15) is 40.4 Å². The standard InChI is InChI=1S/C22H20FN3O4/c1-30-21-15(10-2-3-11-7-25-8-12(11)6-10)17(23)18(24)16-19(21)26(13-4-5-13)9-14(20(16)27)22(28)29/h2-3,6,9,13,25H,4-5,7-8,24H2,1H3,(H,28,29). The highest BCUT2D eigenvalue weighted by Crippen LogP contribution is 2.46. The SMILES string of the molecule is COc1c(-c2ccc3c(c2)CNC3)c(F)c(N)c2c(=O)c(C(=O)O)cn(C3CC3)c12. The fourth-order valence-electron chi connectivity index (χ4n) is 4.28. The molecule has 7 nitrogen and oxygen atoms in total. The zero-order valence-electron chi connectivity index (χ0n) is 16.3. The molecule has 1 aliphatic carbocycles. The maximum absolute atomic E-state index is 15.6. The number of nitrogens with zero attached hydrogens (tertiary/aromatic N) is 1. The third kappa shape index (κ3) is 2.60. The molecule has 1 saturated carbocycles. The van der Waals surface area contributed by atoms with Gasteiger partial charge in [-0.05, 0) is 35.6 Å². The molecule has 5 rings (SSSR count). The zero-order valence-corrected chi connectivity index (χ0v) is 16.3. The Morgan fingerprint density at radius 2 is 2.03 bits per heavy atom. The minimum Gasteiger partial charge on any atom is -0.494 e. The maximum Gasteiger partial charge on any atom is 0.341 e.